The van der Waals surface area contributed by atoms with Crippen LogP contribution in [0.1, 0.15) is 24.9 Å². The van der Waals surface area contributed by atoms with E-state index in [0.717, 1.165) is 5.69 Å². The van der Waals surface area contributed by atoms with Gasteiger partial charge in [0.15, 0.2) is 0 Å². The highest BCUT2D eigenvalue weighted by molar-refractivity contribution is 5.47. The highest BCUT2D eigenvalue weighted by Gasteiger charge is 2.12. The molecule has 0 saturated heterocycles. The minimum atomic E-state index is 0.216. The summed E-state index contributed by atoms with van der Waals surface area (Å²) in [6, 6.07) is 7.80. The molecular weight excluding hydrogens is 228 g/mol. The number of aryl methyl sites for hydroxylation is 1. The van der Waals surface area contributed by atoms with E-state index in [-0.39, 0.29) is 5.92 Å². The smallest absolute Gasteiger partial charge is 0.227 e. The molecule has 2 rings (SSSR count). The molecule has 0 fully saturated rings. The van der Waals surface area contributed by atoms with E-state index in [9.17, 15) is 0 Å². The molecule has 0 aliphatic heterocycles. The quantitative estimate of drug-likeness (QED) is 0.823. The lowest BCUT2D eigenvalue weighted by Gasteiger charge is -2.00. The number of aromatic nitrogens is 3. The van der Waals surface area contributed by atoms with Gasteiger partial charge in [-0.2, -0.15) is 10.2 Å². The standard InChI is InChI=1S/C13H14N4O/c1-9(6-7-14)8-12-16-13(17-18-12)11-5-3-4-10(2)15-11/h3-5,9H,6,8H2,1-2H3. The molecule has 0 spiro atoms. The van der Waals surface area contributed by atoms with Crippen LogP contribution >= 0.6 is 0 Å². The minimum Gasteiger partial charge on any atom is -0.339 e. The van der Waals surface area contributed by atoms with E-state index >= 15 is 0 Å². The summed E-state index contributed by atoms with van der Waals surface area (Å²) in [5.74, 6) is 1.27. The molecule has 0 aliphatic carbocycles. The zero-order valence-electron chi connectivity index (χ0n) is 10.4. The summed E-state index contributed by atoms with van der Waals surface area (Å²) in [5.41, 5.74) is 1.62. The number of pyridine rings is 1. The SMILES string of the molecule is Cc1cccc(-c2noc(CC(C)CC#N)n2)n1. The molecular formula is C13H14N4O. The molecule has 18 heavy (non-hydrogen) atoms. The predicted molar refractivity (Wildman–Crippen MR) is 65.4 cm³/mol. The van der Waals surface area contributed by atoms with Crippen LogP contribution < -0.4 is 0 Å². The van der Waals surface area contributed by atoms with Crippen LogP contribution in [0.2, 0.25) is 0 Å². The van der Waals surface area contributed by atoms with Gasteiger partial charge >= 0.3 is 0 Å². The van der Waals surface area contributed by atoms with Crippen molar-refractivity contribution in [2.24, 2.45) is 5.92 Å². The summed E-state index contributed by atoms with van der Waals surface area (Å²) >= 11 is 0. The average molecular weight is 242 g/mol. The monoisotopic (exact) mass is 242 g/mol. The third-order valence-corrected chi connectivity index (χ3v) is 2.55. The third kappa shape index (κ3) is 2.92. The van der Waals surface area contributed by atoms with Gasteiger partial charge in [-0.3, -0.25) is 0 Å². The van der Waals surface area contributed by atoms with Gasteiger partial charge in [0, 0.05) is 18.5 Å². The molecule has 0 amide bonds. The first-order chi connectivity index (χ1) is 8.69. The van der Waals surface area contributed by atoms with Gasteiger partial charge in [0.05, 0.1) is 6.07 Å². The van der Waals surface area contributed by atoms with Crippen LogP contribution in [-0.4, -0.2) is 15.1 Å². The Labute approximate surface area is 105 Å². The van der Waals surface area contributed by atoms with Crippen molar-refractivity contribution in [3.63, 3.8) is 0 Å². The van der Waals surface area contributed by atoms with E-state index in [2.05, 4.69) is 21.2 Å². The maximum absolute atomic E-state index is 8.60. The van der Waals surface area contributed by atoms with E-state index < -0.39 is 0 Å². The summed E-state index contributed by atoms with van der Waals surface area (Å²) in [6.07, 6.45) is 1.10. The molecule has 0 aliphatic rings. The molecule has 1 atom stereocenters. The van der Waals surface area contributed by atoms with Crippen molar-refractivity contribution in [2.45, 2.75) is 26.7 Å². The number of hydrogen-bond donors (Lipinski definition) is 0. The van der Waals surface area contributed by atoms with E-state index in [1.807, 2.05) is 32.0 Å². The van der Waals surface area contributed by atoms with Gasteiger partial charge < -0.3 is 4.52 Å². The highest BCUT2D eigenvalue weighted by Crippen LogP contribution is 2.16. The summed E-state index contributed by atoms with van der Waals surface area (Å²) in [6.45, 7) is 3.90. The molecule has 2 aromatic heterocycles. The highest BCUT2D eigenvalue weighted by atomic mass is 16.5. The Morgan fingerprint density at radius 3 is 2.94 bits per heavy atom. The number of nitriles is 1. The molecule has 0 radical (unpaired) electrons. The molecule has 2 heterocycles. The van der Waals surface area contributed by atoms with Crippen molar-refractivity contribution in [2.75, 3.05) is 0 Å². The molecule has 0 saturated carbocycles. The van der Waals surface area contributed by atoms with Crippen molar-refractivity contribution in [1.82, 2.24) is 15.1 Å². The lowest BCUT2D eigenvalue weighted by atomic mass is 10.1. The molecule has 5 heteroatoms. The van der Waals surface area contributed by atoms with Crippen LogP contribution in [0.5, 0.6) is 0 Å². The van der Waals surface area contributed by atoms with Crippen molar-refractivity contribution in [3.05, 3.63) is 29.8 Å². The fraction of sp³-hybridized carbons (Fsp3) is 0.385. The van der Waals surface area contributed by atoms with Crippen molar-refractivity contribution < 1.29 is 4.52 Å². The Morgan fingerprint density at radius 2 is 2.22 bits per heavy atom. The van der Waals surface area contributed by atoms with Crippen LogP contribution in [0.15, 0.2) is 22.7 Å². The van der Waals surface area contributed by atoms with Gasteiger partial charge in [0.2, 0.25) is 11.7 Å². The summed E-state index contributed by atoms with van der Waals surface area (Å²) in [5, 5.41) is 12.5. The fourth-order valence-corrected chi connectivity index (χ4v) is 1.64. The van der Waals surface area contributed by atoms with E-state index in [4.69, 9.17) is 9.78 Å². The Morgan fingerprint density at radius 1 is 1.39 bits per heavy atom. The number of nitrogens with zero attached hydrogens (tertiary/aromatic N) is 4. The van der Waals surface area contributed by atoms with Crippen molar-refractivity contribution in [3.8, 4) is 17.6 Å². The van der Waals surface area contributed by atoms with E-state index in [0.29, 0.717) is 30.3 Å². The van der Waals surface area contributed by atoms with E-state index in [1.54, 1.807) is 0 Å². The largest absolute Gasteiger partial charge is 0.339 e. The molecule has 0 aromatic carbocycles. The summed E-state index contributed by atoms with van der Waals surface area (Å²) in [7, 11) is 0. The normalized spacial score (nSPS) is 12.1. The summed E-state index contributed by atoms with van der Waals surface area (Å²) in [4.78, 5) is 8.63. The summed E-state index contributed by atoms with van der Waals surface area (Å²) < 4.78 is 5.17. The van der Waals surface area contributed by atoms with Crippen LogP contribution in [0.25, 0.3) is 11.5 Å². The van der Waals surface area contributed by atoms with Gasteiger partial charge in [-0.25, -0.2) is 4.98 Å². The zero-order valence-corrected chi connectivity index (χ0v) is 10.4. The first-order valence-corrected chi connectivity index (χ1v) is 5.82. The number of rotatable bonds is 4. The Kier molecular flexibility index (Phi) is 3.68. The Balaban J connectivity index is 2.13. The van der Waals surface area contributed by atoms with Crippen molar-refractivity contribution in [1.29, 1.82) is 5.26 Å². The second kappa shape index (κ2) is 5.41. The third-order valence-electron chi connectivity index (χ3n) is 2.55. The van der Waals surface area contributed by atoms with Crippen LogP contribution in [0.4, 0.5) is 0 Å². The molecule has 2 aromatic rings. The first kappa shape index (κ1) is 12.2. The lowest BCUT2D eigenvalue weighted by molar-refractivity contribution is 0.359. The van der Waals surface area contributed by atoms with Gasteiger partial charge in [-0.15, -0.1) is 0 Å². The van der Waals surface area contributed by atoms with Gasteiger partial charge in [-0.1, -0.05) is 18.1 Å². The van der Waals surface area contributed by atoms with Crippen LogP contribution in [0.3, 0.4) is 0 Å². The molecule has 1 unspecified atom stereocenters. The zero-order chi connectivity index (χ0) is 13.0. The molecule has 0 N–H and O–H groups in total. The molecule has 92 valence electrons. The van der Waals surface area contributed by atoms with E-state index in [1.165, 1.54) is 0 Å². The maximum Gasteiger partial charge on any atom is 0.227 e. The second-order valence-electron chi connectivity index (χ2n) is 4.35. The Bertz CT molecular complexity index is 570. The van der Waals surface area contributed by atoms with Gasteiger partial charge in [0.25, 0.3) is 0 Å². The molecule has 0 bridgehead atoms. The predicted octanol–water partition coefficient (Wildman–Crippen LogP) is 2.53. The number of hydrogen-bond acceptors (Lipinski definition) is 5. The topological polar surface area (TPSA) is 75.6 Å². The molecule has 5 nitrogen and oxygen atoms in total. The van der Waals surface area contributed by atoms with Crippen LogP contribution in [-0.2, 0) is 6.42 Å². The Hall–Kier alpha value is -2.22. The van der Waals surface area contributed by atoms with Gasteiger partial charge in [0.1, 0.15) is 5.69 Å². The fourth-order valence-electron chi connectivity index (χ4n) is 1.64. The minimum absolute atomic E-state index is 0.216. The second-order valence-corrected chi connectivity index (χ2v) is 4.35. The van der Waals surface area contributed by atoms with Gasteiger partial charge in [-0.05, 0) is 25.0 Å². The first-order valence-electron chi connectivity index (χ1n) is 5.82. The van der Waals surface area contributed by atoms with Crippen LogP contribution in [0, 0.1) is 24.2 Å². The maximum atomic E-state index is 8.60. The lowest BCUT2D eigenvalue weighted by Crippen LogP contribution is -1.98. The average Bonchev–Trinajstić information content (AvgIpc) is 2.78. The van der Waals surface area contributed by atoms with Crippen molar-refractivity contribution >= 4 is 0 Å².